The molecule has 1 unspecified atom stereocenters. The highest BCUT2D eigenvalue weighted by Gasteiger charge is 2.49. The second-order valence-electron chi connectivity index (χ2n) is 10.0. The Balaban J connectivity index is 1.68. The molecule has 2 aromatic carbocycles. The minimum absolute atomic E-state index is 0.0634. The Hall–Kier alpha value is -3.31. The summed E-state index contributed by atoms with van der Waals surface area (Å²) in [4.78, 5) is 8.94. The zero-order chi connectivity index (χ0) is 27.8. The Morgan fingerprint density at radius 3 is 2.47 bits per heavy atom. The summed E-state index contributed by atoms with van der Waals surface area (Å²) in [6.45, 7) is 5.88. The first-order valence-corrected chi connectivity index (χ1v) is 12.4. The number of benzene rings is 2. The molecule has 38 heavy (non-hydrogen) atoms. The SMILES string of the molecule is COc1cc2nc(C)nc(NC(C)c3cc(N)cc(C(F)(F)C(C)(C)O)c3F)c2cc1OCCOC1CC1. The second kappa shape index (κ2) is 10.5. The van der Waals surface area contributed by atoms with E-state index in [-0.39, 0.29) is 11.3 Å². The van der Waals surface area contributed by atoms with E-state index in [4.69, 9.17) is 19.9 Å². The van der Waals surface area contributed by atoms with Gasteiger partial charge in [-0.1, -0.05) is 0 Å². The summed E-state index contributed by atoms with van der Waals surface area (Å²) >= 11 is 0. The Bertz CT molecular complexity index is 1330. The second-order valence-corrected chi connectivity index (χ2v) is 10.0. The van der Waals surface area contributed by atoms with Crippen molar-refractivity contribution in [2.75, 3.05) is 31.4 Å². The van der Waals surface area contributed by atoms with Gasteiger partial charge < -0.3 is 30.4 Å². The first-order chi connectivity index (χ1) is 17.8. The maximum Gasteiger partial charge on any atom is 0.303 e. The smallest absolute Gasteiger partial charge is 0.303 e. The number of anilines is 2. The molecule has 1 heterocycles. The molecule has 0 amide bonds. The Labute approximate surface area is 219 Å². The molecule has 206 valence electrons. The lowest BCUT2D eigenvalue weighted by Gasteiger charge is -2.30. The monoisotopic (exact) mass is 534 g/mol. The van der Waals surface area contributed by atoms with E-state index < -0.39 is 28.9 Å². The van der Waals surface area contributed by atoms with Crippen LogP contribution < -0.4 is 20.5 Å². The van der Waals surface area contributed by atoms with Crippen molar-refractivity contribution in [1.29, 1.82) is 0 Å². The van der Waals surface area contributed by atoms with Gasteiger partial charge in [-0.25, -0.2) is 14.4 Å². The number of hydrogen-bond donors (Lipinski definition) is 3. The maximum absolute atomic E-state index is 15.5. The van der Waals surface area contributed by atoms with Gasteiger partial charge in [0.2, 0.25) is 0 Å². The fourth-order valence-electron chi connectivity index (χ4n) is 4.06. The van der Waals surface area contributed by atoms with Gasteiger partial charge in [-0.15, -0.1) is 0 Å². The molecular weight excluding hydrogens is 501 g/mol. The number of nitrogens with one attached hydrogen (secondary N) is 1. The van der Waals surface area contributed by atoms with Gasteiger partial charge in [0.05, 0.1) is 36.9 Å². The van der Waals surface area contributed by atoms with Gasteiger partial charge in [0.1, 0.15) is 29.7 Å². The van der Waals surface area contributed by atoms with Crippen LogP contribution in [0.3, 0.4) is 0 Å². The number of aliphatic hydroxyl groups is 1. The van der Waals surface area contributed by atoms with E-state index in [1.807, 2.05) is 0 Å². The van der Waals surface area contributed by atoms with Crippen LogP contribution in [0.2, 0.25) is 0 Å². The summed E-state index contributed by atoms with van der Waals surface area (Å²) in [5.41, 5.74) is 2.77. The predicted octanol–water partition coefficient (Wildman–Crippen LogP) is 5.26. The van der Waals surface area contributed by atoms with E-state index in [2.05, 4.69) is 15.3 Å². The highest BCUT2D eigenvalue weighted by atomic mass is 19.3. The molecule has 0 radical (unpaired) electrons. The Morgan fingerprint density at radius 1 is 1.13 bits per heavy atom. The number of nitrogen functional groups attached to an aromatic ring is 1. The van der Waals surface area contributed by atoms with Crippen LogP contribution in [0.15, 0.2) is 24.3 Å². The molecule has 0 saturated heterocycles. The van der Waals surface area contributed by atoms with E-state index in [9.17, 15) is 13.9 Å². The van der Waals surface area contributed by atoms with Crippen LogP contribution in [0.1, 0.15) is 56.6 Å². The molecule has 0 spiro atoms. The number of aromatic nitrogens is 2. The van der Waals surface area contributed by atoms with Crippen LogP contribution in [0.5, 0.6) is 11.5 Å². The predicted molar refractivity (Wildman–Crippen MR) is 138 cm³/mol. The third-order valence-electron chi connectivity index (χ3n) is 6.36. The van der Waals surface area contributed by atoms with E-state index in [1.54, 1.807) is 26.0 Å². The van der Waals surface area contributed by atoms with Crippen LogP contribution in [0, 0.1) is 12.7 Å². The highest BCUT2D eigenvalue weighted by molar-refractivity contribution is 5.92. The van der Waals surface area contributed by atoms with Gasteiger partial charge in [0, 0.05) is 22.7 Å². The Kier molecular flexibility index (Phi) is 7.62. The van der Waals surface area contributed by atoms with Crippen LogP contribution in [0.4, 0.5) is 24.7 Å². The number of methoxy groups -OCH3 is 1. The highest BCUT2D eigenvalue weighted by Crippen LogP contribution is 2.43. The molecule has 1 aliphatic carbocycles. The molecule has 11 heteroatoms. The van der Waals surface area contributed by atoms with Gasteiger partial charge in [0.25, 0.3) is 0 Å². The van der Waals surface area contributed by atoms with Crippen molar-refractivity contribution in [3.8, 4) is 11.5 Å². The van der Waals surface area contributed by atoms with Gasteiger partial charge in [-0.05, 0) is 58.7 Å². The first-order valence-electron chi connectivity index (χ1n) is 12.4. The lowest BCUT2D eigenvalue weighted by atomic mass is 9.90. The van der Waals surface area contributed by atoms with Crippen molar-refractivity contribution in [2.45, 2.75) is 64.2 Å². The number of rotatable bonds is 11. The van der Waals surface area contributed by atoms with E-state index in [0.29, 0.717) is 53.4 Å². The fourth-order valence-corrected chi connectivity index (χ4v) is 4.06. The van der Waals surface area contributed by atoms with Crippen molar-refractivity contribution >= 4 is 22.4 Å². The molecule has 3 aromatic rings. The summed E-state index contributed by atoms with van der Waals surface area (Å²) in [6.07, 6.45) is 2.43. The summed E-state index contributed by atoms with van der Waals surface area (Å²) in [7, 11) is 1.52. The van der Waals surface area contributed by atoms with Gasteiger partial charge >= 0.3 is 5.92 Å². The third kappa shape index (κ3) is 5.73. The Morgan fingerprint density at radius 2 is 1.84 bits per heavy atom. The normalized spacial score (nSPS) is 15.0. The van der Waals surface area contributed by atoms with Crippen molar-refractivity contribution in [3.05, 3.63) is 47.0 Å². The molecule has 1 atom stereocenters. The zero-order valence-electron chi connectivity index (χ0n) is 22.1. The topological polar surface area (TPSA) is 112 Å². The van der Waals surface area contributed by atoms with Crippen molar-refractivity contribution in [1.82, 2.24) is 9.97 Å². The summed E-state index contributed by atoms with van der Waals surface area (Å²) in [5.74, 6) is -3.35. The minimum atomic E-state index is -3.88. The molecule has 4 rings (SSSR count). The zero-order valence-corrected chi connectivity index (χ0v) is 22.1. The standard InChI is InChI=1S/C27H33F3N4O4/c1-14(18-10-16(31)11-20(24(18)28)27(29,30)26(3,4)35)32-25-19-12-23(38-9-8-37-17-6-7-17)22(36-5)13-21(19)33-15(2)34-25/h10-14,17,35H,6-9,31H2,1-5H3,(H,32,33,34). The number of halogens is 3. The quantitative estimate of drug-likeness (QED) is 0.226. The average molecular weight is 535 g/mol. The van der Waals surface area contributed by atoms with Crippen molar-refractivity contribution in [2.24, 2.45) is 0 Å². The van der Waals surface area contributed by atoms with Crippen LogP contribution in [-0.2, 0) is 10.7 Å². The molecule has 1 aromatic heterocycles. The fraction of sp³-hybridized carbons (Fsp3) is 0.481. The number of nitrogens with two attached hydrogens (primary N) is 1. The summed E-state index contributed by atoms with van der Waals surface area (Å²) in [6, 6.07) is 4.72. The first kappa shape index (κ1) is 27.7. The van der Waals surface area contributed by atoms with E-state index in [0.717, 1.165) is 32.8 Å². The van der Waals surface area contributed by atoms with Gasteiger partial charge in [0.15, 0.2) is 11.5 Å². The number of alkyl halides is 2. The number of hydrogen-bond acceptors (Lipinski definition) is 8. The van der Waals surface area contributed by atoms with Crippen molar-refractivity contribution < 1.29 is 32.5 Å². The summed E-state index contributed by atoms with van der Waals surface area (Å²) in [5, 5.41) is 13.7. The van der Waals surface area contributed by atoms with E-state index >= 15 is 4.39 Å². The van der Waals surface area contributed by atoms with Crippen LogP contribution in [-0.4, -0.2) is 47.1 Å². The number of ether oxygens (including phenoxy) is 3. The molecular formula is C27H33F3N4O4. The van der Waals surface area contributed by atoms with Crippen LogP contribution >= 0.6 is 0 Å². The number of fused-ring (bicyclic) bond motifs is 1. The van der Waals surface area contributed by atoms with Gasteiger partial charge in [-0.3, -0.25) is 0 Å². The molecule has 1 fully saturated rings. The molecule has 0 bridgehead atoms. The lowest BCUT2D eigenvalue weighted by molar-refractivity contribution is -0.170. The van der Waals surface area contributed by atoms with E-state index in [1.165, 1.54) is 13.2 Å². The molecule has 1 saturated carbocycles. The van der Waals surface area contributed by atoms with Gasteiger partial charge in [-0.2, -0.15) is 8.78 Å². The molecule has 1 aliphatic rings. The number of nitrogens with zero attached hydrogens (tertiary/aromatic N) is 2. The minimum Gasteiger partial charge on any atom is -0.493 e. The number of aryl methyl sites for hydroxylation is 1. The largest absolute Gasteiger partial charge is 0.493 e. The average Bonchev–Trinajstić information content (AvgIpc) is 3.66. The maximum atomic E-state index is 15.5. The molecule has 0 aliphatic heterocycles. The molecule has 4 N–H and O–H groups in total. The van der Waals surface area contributed by atoms with Crippen LogP contribution in [0.25, 0.3) is 10.9 Å². The van der Waals surface area contributed by atoms with Crippen molar-refractivity contribution in [3.63, 3.8) is 0 Å². The summed E-state index contributed by atoms with van der Waals surface area (Å²) < 4.78 is 62.3. The lowest BCUT2D eigenvalue weighted by Crippen LogP contribution is -2.41. The molecule has 8 nitrogen and oxygen atoms in total. The third-order valence-corrected chi connectivity index (χ3v) is 6.36.